The lowest BCUT2D eigenvalue weighted by atomic mass is 9.79. The van der Waals surface area contributed by atoms with Crippen molar-refractivity contribution in [3.63, 3.8) is 0 Å². The van der Waals surface area contributed by atoms with E-state index in [4.69, 9.17) is 5.73 Å². The van der Waals surface area contributed by atoms with Crippen LogP contribution in [0.1, 0.15) is 28.6 Å². The van der Waals surface area contributed by atoms with Crippen molar-refractivity contribution in [1.82, 2.24) is 4.98 Å². The Balaban J connectivity index is 1.82. The average molecular weight is 244 g/mol. The topological polar surface area (TPSA) is 38.9 Å². The zero-order valence-electron chi connectivity index (χ0n) is 9.67. The summed E-state index contributed by atoms with van der Waals surface area (Å²) in [5, 5.41) is 3.25. The van der Waals surface area contributed by atoms with Gasteiger partial charge in [-0.1, -0.05) is 24.3 Å². The Morgan fingerprint density at radius 1 is 1.35 bits per heavy atom. The molecule has 17 heavy (non-hydrogen) atoms. The van der Waals surface area contributed by atoms with E-state index >= 15 is 0 Å². The van der Waals surface area contributed by atoms with Crippen LogP contribution in [-0.2, 0) is 12.8 Å². The summed E-state index contributed by atoms with van der Waals surface area (Å²) in [5.41, 5.74) is 9.14. The van der Waals surface area contributed by atoms with E-state index < -0.39 is 0 Å². The lowest BCUT2D eigenvalue weighted by Gasteiger charge is -2.30. The molecule has 2 aromatic rings. The molecule has 3 heteroatoms. The van der Waals surface area contributed by atoms with E-state index in [2.05, 4.69) is 29.2 Å². The van der Waals surface area contributed by atoms with Crippen LogP contribution in [-0.4, -0.2) is 4.98 Å². The minimum absolute atomic E-state index is 0.170. The molecule has 0 bridgehead atoms. The normalized spacial score (nSPS) is 23.4. The third-order valence-corrected chi connectivity index (χ3v) is 4.43. The predicted molar refractivity (Wildman–Crippen MR) is 71.0 cm³/mol. The van der Waals surface area contributed by atoms with Gasteiger partial charge >= 0.3 is 0 Å². The number of nitrogens with zero attached hydrogens (tertiary/aromatic N) is 1. The second-order valence-electron chi connectivity index (χ2n) is 4.65. The van der Waals surface area contributed by atoms with Crippen LogP contribution in [0.15, 0.2) is 35.8 Å². The van der Waals surface area contributed by atoms with E-state index in [1.54, 1.807) is 11.3 Å². The van der Waals surface area contributed by atoms with Crippen LogP contribution >= 0.6 is 11.3 Å². The highest BCUT2D eigenvalue weighted by Crippen LogP contribution is 2.34. The van der Waals surface area contributed by atoms with Gasteiger partial charge in [0.2, 0.25) is 0 Å². The van der Waals surface area contributed by atoms with Crippen LogP contribution in [0.5, 0.6) is 0 Å². The molecular formula is C14H16N2S. The number of aromatic nitrogens is 1. The van der Waals surface area contributed by atoms with Crippen LogP contribution in [0.4, 0.5) is 0 Å². The molecule has 1 aromatic carbocycles. The first-order valence-corrected chi connectivity index (χ1v) is 6.94. The van der Waals surface area contributed by atoms with Crippen molar-refractivity contribution < 1.29 is 0 Å². The summed E-state index contributed by atoms with van der Waals surface area (Å²) in [6.45, 7) is 0. The smallest absolute Gasteiger partial charge is 0.0928 e. The lowest BCUT2D eigenvalue weighted by molar-refractivity contribution is 0.376. The average Bonchev–Trinajstić information content (AvgIpc) is 2.86. The summed E-state index contributed by atoms with van der Waals surface area (Å²) in [4.78, 5) is 4.36. The fraction of sp³-hybridized carbons (Fsp3) is 0.357. The van der Waals surface area contributed by atoms with Crippen LogP contribution < -0.4 is 5.73 Å². The second kappa shape index (κ2) is 4.59. The van der Waals surface area contributed by atoms with Gasteiger partial charge in [0.15, 0.2) is 0 Å². The van der Waals surface area contributed by atoms with Crippen molar-refractivity contribution in [1.29, 1.82) is 0 Å². The molecule has 0 aliphatic heterocycles. The van der Waals surface area contributed by atoms with Gasteiger partial charge in [-0.3, -0.25) is 0 Å². The van der Waals surface area contributed by atoms with Gasteiger partial charge in [-0.15, -0.1) is 11.3 Å². The molecule has 2 N–H and O–H groups in total. The van der Waals surface area contributed by atoms with E-state index in [1.807, 2.05) is 11.6 Å². The van der Waals surface area contributed by atoms with Gasteiger partial charge < -0.3 is 5.73 Å². The van der Waals surface area contributed by atoms with Gasteiger partial charge in [0.05, 0.1) is 5.01 Å². The van der Waals surface area contributed by atoms with E-state index in [0.717, 1.165) is 12.8 Å². The monoisotopic (exact) mass is 244 g/mol. The Morgan fingerprint density at radius 3 is 3.06 bits per heavy atom. The highest BCUT2D eigenvalue weighted by Gasteiger charge is 2.26. The van der Waals surface area contributed by atoms with Gasteiger partial charge in [0.1, 0.15) is 0 Å². The van der Waals surface area contributed by atoms with Crippen molar-refractivity contribution in [2.75, 3.05) is 0 Å². The number of nitrogens with two attached hydrogens (primary N) is 1. The molecule has 0 saturated heterocycles. The summed E-state index contributed by atoms with van der Waals surface area (Å²) in [7, 11) is 0. The Kier molecular flexibility index (Phi) is 2.95. The van der Waals surface area contributed by atoms with Crippen LogP contribution in [0.25, 0.3) is 0 Å². The van der Waals surface area contributed by atoms with Gasteiger partial charge in [0, 0.05) is 24.0 Å². The number of benzene rings is 1. The van der Waals surface area contributed by atoms with Gasteiger partial charge in [-0.2, -0.15) is 0 Å². The number of aryl methyl sites for hydroxylation is 1. The summed E-state index contributed by atoms with van der Waals surface area (Å²) in [6.07, 6.45) is 5.23. The largest absolute Gasteiger partial charge is 0.324 e. The lowest BCUT2D eigenvalue weighted by Crippen LogP contribution is -2.28. The van der Waals surface area contributed by atoms with Crippen LogP contribution in [0.3, 0.4) is 0 Å². The van der Waals surface area contributed by atoms with Crippen LogP contribution in [0, 0.1) is 5.92 Å². The molecule has 2 atom stereocenters. The second-order valence-corrected chi connectivity index (χ2v) is 5.63. The number of hydrogen-bond donors (Lipinski definition) is 1. The third-order valence-electron chi connectivity index (χ3n) is 3.63. The highest BCUT2D eigenvalue weighted by atomic mass is 32.1. The minimum Gasteiger partial charge on any atom is -0.324 e. The predicted octanol–water partition coefficient (Wildman–Crippen LogP) is 2.95. The number of rotatable bonds is 2. The number of thiazole rings is 1. The molecule has 0 saturated carbocycles. The van der Waals surface area contributed by atoms with Crippen LogP contribution in [0.2, 0.25) is 0 Å². The molecule has 1 heterocycles. The third kappa shape index (κ3) is 2.13. The number of hydrogen-bond acceptors (Lipinski definition) is 3. The first-order valence-electron chi connectivity index (χ1n) is 6.06. The summed E-state index contributed by atoms with van der Waals surface area (Å²) < 4.78 is 0. The SMILES string of the molecule is NC1c2ccccc2CCC1Cc1nccs1. The first kappa shape index (κ1) is 10.9. The molecule has 0 spiro atoms. The Hall–Kier alpha value is -1.19. The fourth-order valence-electron chi connectivity index (χ4n) is 2.67. The maximum atomic E-state index is 6.38. The molecular weight excluding hydrogens is 228 g/mol. The van der Waals surface area contributed by atoms with E-state index in [1.165, 1.54) is 22.6 Å². The molecule has 2 nitrogen and oxygen atoms in total. The fourth-order valence-corrected chi connectivity index (χ4v) is 3.38. The Labute approximate surface area is 106 Å². The molecule has 1 aliphatic carbocycles. The molecule has 3 rings (SSSR count). The van der Waals surface area contributed by atoms with E-state index in [-0.39, 0.29) is 6.04 Å². The standard InChI is InChI=1S/C14H16N2S/c15-14-11(9-13-16-7-8-17-13)6-5-10-3-1-2-4-12(10)14/h1-4,7-8,11,14H,5-6,9,15H2. The van der Waals surface area contributed by atoms with Gasteiger partial charge in [0.25, 0.3) is 0 Å². The summed E-state index contributed by atoms with van der Waals surface area (Å²) >= 11 is 1.73. The first-order chi connectivity index (χ1) is 8.34. The van der Waals surface area contributed by atoms with Crippen molar-refractivity contribution in [2.24, 2.45) is 11.7 Å². The van der Waals surface area contributed by atoms with Gasteiger partial charge in [-0.05, 0) is 29.9 Å². The van der Waals surface area contributed by atoms with E-state index in [0.29, 0.717) is 5.92 Å². The highest BCUT2D eigenvalue weighted by molar-refractivity contribution is 7.09. The summed E-state index contributed by atoms with van der Waals surface area (Å²) in [5.74, 6) is 0.538. The quantitative estimate of drug-likeness (QED) is 0.882. The molecule has 0 amide bonds. The molecule has 2 unspecified atom stereocenters. The minimum atomic E-state index is 0.170. The zero-order valence-corrected chi connectivity index (χ0v) is 10.5. The Bertz CT molecular complexity index is 493. The molecule has 0 radical (unpaired) electrons. The maximum Gasteiger partial charge on any atom is 0.0928 e. The zero-order chi connectivity index (χ0) is 11.7. The molecule has 0 fully saturated rings. The Morgan fingerprint density at radius 2 is 2.24 bits per heavy atom. The molecule has 1 aliphatic rings. The maximum absolute atomic E-state index is 6.38. The molecule has 1 aromatic heterocycles. The van der Waals surface area contributed by atoms with E-state index in [9.17, 15) is 0 Å². The summed E-state index contributed by atoms with van der Waals surface area (Å²) in [6, 6.07) is 8.74. The van der Waals surface area contributed by atoms with Crippen molar-refractivity contribution in [3.8, 4) is 0 Å². The molecule has 88 valence electrons. The number of fused-ring (bicyclic) bond motifs is 1. The van der Waals surface area contributed by atoms with Gasteiger partial charge in [-0.25, -0.2) is 4.98 Å². The van der Waals surface area contributed by atoms with Crippen molar-refractivity contribution in [2.45, 2.75) is 25.3 Å². The van der Waals surface area contributed by atoms with Crippen molar-refractivity contribution >= 4 is 11.3 Å². The van der Waals surface area contributed by atoms with Crippen molar-refractivity contribution in [3.05, 3.63) is 52.0 Å².